The fourth-order valence-corrected chi connectivity index (χ4v) is 7.08. The zero-order valence-corrected chi connectivity index (χ0v) is 27.2. The van der Waals surface area contributed by atoms with Gasteiger partial charge in [-0.3, -0.25) is 9.52 Å². The number of sulfonamides is 1. The maximum absolute atomic E-state index is 13.9. The van der Waals surface area contributed by atoms with E-state index in [1.165, 1.54) is 12.1 Å². The number of amides is 1. The van der Waals surface area contributed by atoms with E-state index < -0.39 is 10.0 Å². The minimum atomic E-state index is -3.59. The Bertz CT molecular complexity index is 1780. The van der Waals surface area contributed by atoms with E-state index in [1.54, 1.807) is 6.07 Å². The second-order valence-electron chi connectivity index (χ2n) is 12.0. The first kappa shape index (κ1) is 31.3. The average Bonchev–Trinajstić information content (AvgIpc) is 3.44. The van der Waals surface area contributed by atoms with Crippen LogP contribution in [0.15, 0.2) is 67.0 Å². The number of hydrogen-bond acceptors (Lipinski definition) is 7. The molecule has 10 nitrogen and oxygen atoms in total. The number of rotatable bonds is 9. The van der Waals surface area contributed by atoms with Crippen molar-refractivity contribution in [3.8, 4) is 0 Å². The molecule has 1 amide bonds. The molecular weight excluding hydrogens is 612 g/mol. The van der Waals surface area contributed by atoms with Crippen molar-refractivity contribution in [3.63, 3.8) is 0 Å². The number of hydrogen-bond donors (Lipinski definition) is 2. The molecule has 2 aliphatic heterocycles. The highest BCUT2D eigenvalue weighted by Crippen LogP contribution is 2.35. The van der Waals surface area contributed by atoms with Crippen LogP contribution < -0.4 is 14.9 Å². The van der Waals surface area contributed by atoms with Crippen molar-refractivity contribution < 1.29 is 17.9 Å². The van der Waals surface area contributed by atoms with Gasteiger partial charge >= 0.3 is 0 Å². The Labute approximate surface area is 269 Å². The molecule has 0 radical (unpaired) electrons. The lowest BCUT2D eigenvalue weighted by molar-refractivity contribution is 0.0613. The van der Waals surface area contributed by atoms with Gasteiger partial charge in [0, 0.05) is 55.2 Å². The van der Waals surface area contributed by atoms with Gasteiger partial charge in [0.15, 0.2) is 0 Å². The van der Waals surface area contributed by atoms with Gasteiger partial charge in [0.2, 0.25) is 10.0 Å². The third-order valence-corrected chi connectivity index (χ3v) is 9.22. The molecule has 0 aliphatic carbocycles. The molecule has 4 aromatic rings. The van der Waals surface area contributed by atoms with E-state index in [2.05, 4.69) is 52.5 Å². The van der Waals surface area contributed by atoms with Crippen LogP contribution in [0, 0.1) is 6.92 Å². The van der Waals surface area contributed by atoms with Crippen molar-refractivity contribution in [2.24, 2.45) is 0 Å². The summed E-state index contributed by atoms with van der Waals surface area (Å²) in [7, 11) is -3.59. The van der Waals surface area contributed by atoms with Gasteiger partial charge in [-0.2, -0.15) is 0 Å². The molecule has 2 atom stereocenters. The Morgan fingerprint density at radius 3 is 2.73 bits per heavy atom. The minimum Gasteiger partial charge on any atom is -0.375 e. The number of halogens is 1. The number of nitrogens with one attached hydrogen (secondary N) is 2. The van der Waals surface area contributed by atoms with E-state index in [-0.39, 0.29) is 29.2 Å². The van der Waals surface area contributed by atoms with E-state index in [9.17, 15) is 13.2 Å². The molecule has 45 heavy (non-hydrogen) atoms. The third-order valence-electron chi connectivity index (χ3n) is 8.40. The molecule has 0 bridgehead atoms. The van der Waals surface area contributed by atoms with Gasteiger partial charge in [-0.25, -0.2) is 13.4 Å². The maximum atomic E-state index is 13.9. The van der Waals surface area contributed by atoms with Crippen LogP contribution in [-0.2, 0) is 21.4 Å². The van der Waals surface area contributed by atoms with Crippen LogP contribution in [0.3, 0.4) is 0 Å². The number of nitrogens with zero attached hydrogens (tertiary/aromatic N) is 4. The number of aromatic nitrogens is 2. The zero-order chi connectivity index (χ0) is 31.6. The van der Waals surface area contributed by atoms with E-state index in [1.807, 2.05) is 27.5 Å². The maximum Gasteiger partial charge on any atom is 0.256 e. The van der Waals surface area contributed by atoms with Gasteiger partial charge in [0.25, 0.3) is 5.91 Å². The molecule has 0 unspecified atom stereocenters. The first-order valence-corrected chi connectivity index (χ1v) is 17.6. The number of likely N-dealkylation sites (tertiary alicyclic amines) is 1. The predicted molar refractivity (Wildman–Crippen MR) is 178 cm³/mol. The SMILES string of the molecule is Cc1cn2cc([C@@H]3CCCCN3C(=O)c3cc(Cl)ccc3NS(C)(=O)=O)cc2nc1N1CCN[C@@H](COCc2ccccc2)C1. The lowest BCUT2D eigenvalue weighted by Gasteiger charge is -2.36. The normalized spacial score (nSPS) is 19.2. The largest absolute Gasteiger partial charge is 0.375 e. The fraction of sp³-hybridized carbons (Fsp3) is 0.394. The highest BCUT2D eigenvalue weighted by Gasteiger charge is 2.32. The van der Waals surface area contributed by atoms with Crippen molar-refractivity contribution in [3.05, 3.63) is 94.3 Å². The Morgan fingerprint density at radius 2 is 1.93 bits per heavy atom. The summed E-state index contributed by atoms with van der Waals surface area (Å²) in [5.41, 5.74) is 4.51. The lowest BCUT2D eigenvalue weighted by atomic mass is 9.96. The van der Waals surface area contributed by atoms with E-state index in [0.717, 1.165) is 73.3 Å². The molecule has 0 spiro atoms. The summed E-state index contributed by atoms with van der Waals surface area (Å²) >= 11 is 6.26. The van der Waals surface area contributed by atoms with Crippen LogP contribution in [0.4, 0.5) is 11.5 Å². The molecule has 4 heterocycles. The van der Waals surface area contributed by atoms with Crippen LogP contribution in [-0.4, -0.2) is 73.7 Å². The van der Waals surface area contributed by atoms with E-state index in [0.29, 0.717) is 24.8 Å². The van der Waals surface area contributed by atoms with Crippen molar-refractivity contribution in [2.75, 3.05) is 48.7 Å². The molecule has 2 N–H and O–H groups in total. The van der Waals surface area contributed by atoms with Crippen molar-refractivity contribution in [1.29, 1.82) is 0 Å². The standard InChI is InChI=1S/C33H39ClN6O4S/c1-23-18-39-19-25(30-10-6-7-14-40(30)33(41)28-17-26(34)11-12-29(28)37-45(2,42)43)16-31(39)36-32(23)38-15-13-35-27(20-38)22-44-21-24-8-4-3-5-9-24/h3-5,8-9,11-12,16-19,27,30,35,37H,6-7,10,13-15,20-22H2,1-2H3/t27-,30+/m1/s1. The first-order chi connectivity index (χ1) is 21.6. The second kappa shape index (κ2) is 13.4. The number of ether oxygens (including phenoxy) is 1. The summed E-state index contributed by atoms with van der Waals surface area (Å²) in [5, 5.41) is 3.94. The quantitative estimate of drug-likeness (QED) is 0.262. The summed E-state index contributed by atoms with van der Waals surface area (Å²) in [4.78, 5) is 23.2. The number of carbonyl (C=O) groups is 1. The minimum absolute atomic E-state index is 0.174. The smallest absolute Gasteiger partial charge is 0.256 e. The highest BCUT2D eigenvalue weighted by atomic mass is 35.5. The summed E-state index contributed by atoms with van der Waals surface area (Å²) in [6.07, 6.45) is 7.87. The Balaban J connectivity index is 1.21. The molecule has 238 valence electrons. The molecule has 2 aliphatic rings. The average molecular weight is 651 g/mol. The number of aryl methyl sites for hydroxylation is 1. The molecule has 2 aromatic heterocycles. The summed E-state index contributed by atoms with van der Waals surface area (Å²) in [5.74, 6) is 0.698. The molecule has 0 saturated carbocycles. The fourth-order valence-electron chi connectivity index (χ4n) is 6.33. The zero-order valence-electron chi connectivity index (χ0n) is 25.6. The van der Waals surface area contributed by atoms with E-state index >= 15 is 0 Å². The Morgan fingerprint density at radius 1 is 1.11 bits per heavy atom. The van der Waals surface area contributed by atoms with Crippen molar-refractivity contribution in [1.82, 2.24) is 19.6 Å². The van der Waals surface area contributed by atoms with Crippen molar-refractivity contribution in [2.45, 2.75) is 44.9 Å². The lowest BCUT2D eigenvalue weighted by Crippen LogP contribution is -2.53. The summed E-state index contributed by atoms with van der Waals surface area (Å²) < 4.78 is 34.6. The van der Waals surface area contributed by atoms with E-state index in [4.69, 9.17) is 21.3 Å². The highest BCUT2D eigenvalue weighted by molar-refractivity contribution is 7.92. The number of carbonyl (C=O) groups excluding carboxylic acids is 1. The van der Waals surface area contributed by atoms with Gasteiger partial charge < -0.3 is 24.3 Å². The first-order valence-electron chi connectivity index (χ1n) is 15.3. The van der Waals surface area contributed by atoms with Gasteiger partial charge in [0.1, 0.15) is 11.5 Å². The summed E-state index contributed by atoms with van der Waals surface area (Å²) in [6, 6.07) is 16.9. The molecule has 2 saturated heterocycles. The van der Waals surface area contributed by atoms with Crippen LogP contribution in [0.2, 0.25) is 5.02 Å². The molecular formula is C33H39ClN6O4S. The number of piperazine rings is 1. The predicted octanol–water partition coefficient (Wildman–Crippen LogP) is 5.03. The Hall–Kier alpha value is -3.64. The summed E-state index contributed by atoms with van der Waals surface area (Å²) in [6.45, 7) is 6.33. The van der Waals surface area contributed by atoms with Crippen LogP contribution >= 0.6 is 11.6 Å². The van der Waals surface area contributed by atoms with Crippen molar-refractivity contribution >= 4 is 44.7 Å². The number of benzene rings is 2. The van der Waals surface area contributed by atoms with Gasteiger partial charge in [-0.15, -0.1) is 0 Å². The second-order valence-corrected chi connectivity index (χ2v) is 14.1. The van der Waals surface area contributed by atoms with Crippen LogP contribution in [0.25, 0.3) is 5.65 Å². The third kappa shape index (κ3) is 7.44. The molecule has 12 heteroatoms. The molecule has 6 rings (SSSR count). The monoisotopic (exact) mass is 650 g/mol. The van der Waals surface area contributed by atoms with Crippen LogP contribution in [0.1, 0.15) is 52.4 Å². The topological polar surface area (TPSA) is 108 Å². The van der Waals surface area contributed by atoms with Crippen LogP contribution in [0.5, 0.6) is 0 Å². The van der Waals surface area contributed by atoms with Gasteiger partial charge in [0.05, 0.1) is 36.8 Å². The van der Waals surface area contributed by atoms with Gasteiger partial charge in [-0.05, 0) is 61.6 Å². The molecule has 2 aromatic carbocycles. The Kier molecular flexibility index (Phi) is 9.32. The molecule has 2 fully saturated rings. The number of anilines is 2. The number of piperidine rings is 1. The van der Waals surface area contributed by atoms with Gasteiger partial charge in [-0.1, -0.05) is 41.9 Å². The number of fused-ring (bicyclic) bond motifs is 1.